The maximum Gasteiger partial charge on any atom is 0.223 e. The van der Waals surface area contributed by atoms with Crippen LogP contribution in [0.4, 0.5) is 0 Å². The van der Waals surface area contributed by atoms with Crippen LogP contribution in [0.1, 0.15) is 52.9 Å². The number of carbonyl (C=O) groups is 1. The smallest absolute Gasteiger partial charge is 0.223 e. The van der Waals surface area contributed by atoms with Crippen LogP contribution in [0.2, 0.25) is 0 Å². The van der Waals surface area contributed by atoms with Crippen LogP contribution in [-0.2, 0) is 4.79 Å². The lowest BCUT2D eigenvalue weighted by atomic mass is 9.89. The number of rotatable bonds is 7. The highest BCUT2D eigenvalue weighted by atomic mass is 16.1. The fourth-order valence-electron chi connectivity index (χ4n) is 2.49. The SMILES string of the molecule is CCNC(=NCC(C)C)NCCNC(=O)C1CCCCC1. The Balaban J connectivity index is 2.20. The Morgan fingerprint density at radius 3 is 2.38 bits per heavy atom. The van der Waals surface area contributed by atoms with Gasteiger partial charge in [0, 0.05) is 32.1 Å². The molecule has 5 nitrogen and oxygen atoms in total. The lowest BCUT2D eigenvalue weighted by molar-refractivity contribution is -0.125. The second-order valence-electron chi connectivity index (χ2n) is 6.17. The van der Waals surface area contributed by atoms with E-state index < -0.39 is 0 Å². The molecule has 5 heteroatoms. The normalized spacial score (nSPS) is 16.9. The summed E-state index contributed by atoms with van der Waals surface area (Å²) >= 11 is 0. The van der Waals surface area contributed by atoms with Gasteiger partial charge in [0.15, 0.2) is 5.96 Å². The first-order chi connectivity index (χ1) is 10.1. The Hall–Kier alpha value is -1.26. The summed E-state index contributed by atoms with van der Waals surface area (Å²) in [7, 11) is 0. The van der Waals surface area contributed by atoms with Crippen molar-refractivity contribution in [3.63, 3.8) is 0 Å². The molecule has 0 heterocycles. The number of nitrogens with one attached hydrogen (secondary N) is 3. The lowest BCUT2D eigenvalue weighted by Gasteiger charge is -2.21. The van der Waals surface area contributed by atoms with Crippen molar-refractivity contribution in [1.82, 2.24) is 16.0 Å². The molecular weight excluding hydrogens is 264 g/mol. The number of nitrogens with zero attached hydrogens (tertiary/aromatic N) is 1. The van der Waals surface area contributed by atoms with Gasteiger partial charge >= 0.3 is 0 Å². The molecule has 122 valence electrons. The van der Waals surface area contributed by atoms with E-state index in [9.17, 15) is 4.79 Å². The van der Waals surface area contributed by atoms with Gasteiger partial charge < -0.3 is 16.0 Å². The summed E-state index contributed by atoms with van der Waals surface area (Å²) in [5.41, 5.74) is 0. The first-order valence-electron chi connectivity index (χ1n) is 8.43. The molecule has 1 aliphatic carbocycles. The maximum atomic E-state index is 12.0. The standard InChI is InChI=1S/C16H32N4O/c1-4-17-16(20-12-13(2)3)19-11-10-18-15(21)14-8-6-5-7-9-14/h13-14H,4-12H2,1-3H3,(H,18,21)(H2,17,19,20). The molecule has 1 rings (SSSR count). The molecule has 0 aromatic carbocycles. The molecule has 3 N–H and O–H groups in total. The van der Waals surface area contributed by atoms with Gasteiger partial charge in [-0.2, -0.15) is 0 Å². The summed E-state index contributed by atoms with van der Waals surface area (Å²) in [5.74, 6) is 1.84. The van der Waals surface area contributed by atoms with Crippen LogP contribution in [0.25, 0.3) is 0 Å². The van der Waals surface area contributed by atoms with Crippen molar-refractivity contribution in [3.05, 3.63) is 0 Å². The summed E-state index contributed by atoms with van der Waals surface area (Å²) < 4.78 is 0. The topological polar surface area (TPSA) is 65.5 Å². The largest absolute Gasteiger partial charge is 0.357 e. The first-order valence-corrected chi connectivity index (χ1v) is 8.43. The Morgan fingerprint density at radius 1 is 1.10 bits per heavy atom. The highest BCUT2D eigenvalue weighted by molar-refractivity contribution is 5.80. The number of hydrogen-bond donors (Lipinski definition) is 3. The molecule has 0 aliphatic heterocycles. The van der Waals surface area contributed by atoms with Crippen molar-refractivity contribution in [1.29, 1.82) is 0 Å². The molecule has 21 heavy (non-hydrogen) atoms. The lowest BCUT2D eigenvalue weighted by Crippen LogP contribution is -2.42. The van der Waals surface area contributed by atoms with E-state index in [1.54, 1.807) is 0 Å². The predicted molar refractivity (Wildman–Crippen MR) is 88.4 cm³/mol. The minimum atomic E-state index is 0.223. The number of carbonyl (C=O) groups excluding carboxylic acids is 1. The Kier molecular flexibility index (Phi) is 8.87. The molecule has 0 aromatic heterocycles. The minimum absolute atomic E-state index is 0.223. The second-order valence-corrected chi connectivity index (χ2v) is 6.17. The van der Waals surface area contributed by atoms with Crippen LogP contribution in [-0.4, -0.2) is 38.0 Å². The molecule has 0 saturated heterocycles. The van der Waals surface area contributed by atoms with Gasteiger partial charge in [0.2, 0.25) is 5.91 Å². The average molecular weight is 296 g/mol. The molecule has 0 bridgehead atoms. The van der Waals surface area contributed by atoms with Gasteiger partial charge in [0.05, 0.1) is 0 Å². The summed E-state index contributed by atoms with van der Waals surface area (Å²) in [5, 5.41) is 9.50. The molecule has 0 aromatic rings. The molecule has 1 amide bonds. The van der Waals surface area contributed by atoms with Gasteiger partial charge in [0.1, 0.15) is 0 Å². The first kappa shape index (κ1) is 17.8. The highest BCUT2D eigenvalue weighted by Crippen LogP contribution is 2.23. The van der Waals surface area contributed by atoms with Crippen molar-refractivity contribution in [2.75, 3.05) is 26.2 Å². The van der Waals surface area contributed by atoms with E-state index in [0.717, 1.165) is 31.9 Å². The van der Waals surface area contributed by atoms with E-state index in [0.29, 0.717) is 19.0 Å². The quantitative estimate of drug-likeness (QED) is 0.382. The fraction of sp³-hybridized carbons (Fsp3) is 0.875. The zero-order chi connectivity index (χ0) is 15.5. The van der Waals surface area contributed by atoms with E-state index in [1.807, 2.05) is 0 Å². The third-order valence-electron chi connectivity index (χ3n) is 3.65. The van der Waals surface area contributed by atoms with Crippen molar-refractivity contribution in [3.8, 4) is 0 Å². The van der Waals surface area contributed by atoms with Crippen LogP contribution in [0.15, 0.2) is 4.99 Å². The van der Waals surface area contributed by atoms with Crippen molar-refractivity contribution in [2.45, 2.75) is 52.9 Å². The van der Waals surface area contributed by atoms with Gasteiger partial charge in [0.25, 0.3) is 0 Å². The van der Waals surface area contributed by atoms with Crippen LogP contribution in [0.5, 0.6) is 0 Å². The summed E-state index contributed by atoms with van der Waals surface area (Å²) in [4.78, 5) is 16.5. The Labute approximate surface area is 129 Å². The molecule has 1 aliphatic rings. The van der Waals surface area contributed by atoms with E-state index >= 15 is 0 Å². The molecule has 0 spiro atoms. The fourth-order valence-corrected chi connectivity index (χ4v) is 2.49. The molecular formula is C16H32N4O. The third kappa shape index (κ3) is 7.93. The van der Waals surface area contributed by atoms with Crippen molar-refractivity contribution in [2.24, 2.45) is 16.8 Å². The molecule has 1 saturated carbocycles. The zero-order valence-electron chi connectivity index (χ0n) is 13.9. The number of guanidine groups is 1. The molecule has 0 atom stereocenters. The van der Waals surface area contributed by atoms with Crippen LogP contribution in [0.3, 0.4) is 0 Å². The third-order valence-corrected chi connectivity index (χ3v) is 3.65. The minimum Gasteiger partial charge on any atom is -0.357 e. The summed E-state index contributed by atoms with van der Waals surface area (Å²) in [6, 6.07) is 0. The second kappa shape index (κ2) is 10.5. The number of hydrogen-bond acceptors (Lipinski definition) is 2. The number of aliphatic imine (C=N–C) groups is 1. The van der Waals surface area contributed by atoms with Crippen LogP contribution >= 0.6 is 0 Å². The molecule has 1 fully saturated rings. The van der Waals surface area contributed by atoms with Crippen LogP contribution in [0, 0.1) is 11.8 Å². The van der Waals surface area contributed by atoms with Gasteiger partial charge in [-0.3, -0.25) is 9.79 Å². The maximum absolute atomic E-state index is 12.0. The van der Waals surface area contributed by atoms with E-state index in [-0.39, 0.29) is 11.8 Å². The summed E-state index contributed by atoms with van der Waals surface area (Å²) in [6.07, 6.45) is 5.78. The van der Waals surface area contributed by atoms with Gasteiger partial charge in [-0.05, 0) is 25.7 Å². The molecule has 0 radical (unpaired) electrons. The highest BCUT2D eigenvalue weighted by Gasteiger charge is 2.20. The van der Waals surface area contributed by atoms with Gasteiger partial charge in [-0.25, -0.2) is 0 Å². The van der Waals surface area contributed by atoms with E-state index in [2.05, 4.69) is 41.7 Å². The Bertz CT molecular complexity index is 322. The van der Waals surface area contributed by atoms with Crippen molar-refractivity contribution >= 4 is 11.9 Å². The zero-order valence-corrected chi connectivity index (χ0v) is 13.9. The Morgan fingerprint density at radius 2 is 1.76 bits per heavy atom. The van der Waals surface area contributed by atoms with E-state index in [4.69, 9.17) is 0 Å². The molecule has 0 unspecified atom stereocenters. The van der Waals surface area contributed by atoms with Crippen molar-refractivity contribution < 1.29 is 4.79 Å². The van der Waals surface area contributed by atoms with Crippen LogP contribution < -0.4 is 16.0 Å². The monoisotopic (exact) mass is 296 g/mol. The number of amides is 1. The van der Waals surface area contributed by atoms with E-state index in [1.165, 1.54) is 19.3 Å². The predicted octanol–water partition coefficient (Wildman–Crippen LogP) is 1.89. The van der Waals surface area contributed by atoms with Gasteiger partial charge in [-0.15, -0.1) is 0 Å². The van der Waals surface area contributed by atoms with Gasteiger partial charge in [-0.1, -0.05) is 33.1 Å². The summed E-state index contributed by atoms with van der Waals surface area (Å²) in [6.45, 7) is 9.37. The average Bonchev–Trinajstić information content (AvgIpc) is 2.49.